The van der Waals surface area contributed by atoms with Crippen molar-refractivity contribution in [3.05, 3.63) is 54.0 Å². The second-order valence-electron chi connectivity index (χ2n) is 6.49. The zero-order valence-corrected chi connectivity index (χ0v) is 17.0. The lowest BCUT2D eigenvalue weighted by molar-refractivity contribution is -0.121. The lowest BCUT2D eigenvalue weighted by atomic mass is 9.97. The number of hydrogen-bond donors (Lipinski definition) is 2. The number of nitrogens with zero attached hydrogens (tertiary/aromatic N) is 4. The molecule has 10 nitrogen and oxygen atoms in total. The first-order chi connectivity index (χ1) is 15.0. The minimum atomic E-state index is -1.42. The molecular formula is C21H21N5O5. The Kier molecular flexibility index (Phi) is 7.26. The maximum absolute atomic E-state index is 12.7. The molecule has 0 bridgehead atoms. The topological polar surface area (TPSA) is 143 Å². The standard InChI is InChI=1S/C21H21N5O5/c1-13-16(11-24-31-13)19(27)15(10-22)20(28)26-21-23-12-17(30-9-8-29-2)18(25-21)14-6-4-3-5-7-14/h3-7,11-12,15,19,27H,8-9H2,1-2H3,(H,23,25,26,28). The van der Waals surface area contributed by atoms with E-state index in [2.05, 4.69) is 20.4 Å². The number of aliphatic hydroxyl groups is 1. The molecule has 3 rings (SSSR count). The van der Waals surface area contributed by atoms with Crippen LogP contribution in [0.25, 0.3) is 11.3 Å². The van der Waals surface area contributed by atoms with Gasteiger partial charge < -0.3 is 19.1 Å². The molecule has 2 atom stereocenters. The average molecular weight is 423 g/mol. The fraction of sp³-hybridized carbons (Fsp3) is 0.286. The van der Waals surface area contributed by atoms with E-state index >= 15 is 0 Å². The summed E-state index contributed by atoms with van der Waals surface area (Å²) in [6, 6.07) is 11.0. The number of carbonyl (C=O) groups is 1. The minimum Gasteiger partial charge on any atom is -0.487 e. The summed E-state index contributed by atoms with van der Waals surface area (Å²) in [4.78, 5) is 21.2. The molecule has 10 heteroatoms. The van der Waals surface area contributed by atoms with Crippen molar-refractivity contribution in [2.75, 3.05) is 25.6 Å². The maximum atomic E-state index is 12.7. The number of aromatic nitrogens is 3. The zero-order chi connectivity index (χ0) is 22.2. The number of methoxy groups -OCH3 is 1. The average Bonchev–Trinajstić information content (AvgIpc) is 3.21. The van der Waals surface area contributed by atoms with E-state index in [1.54, 1.807) is 20.1 Å². The molecular weight excluding hydrogens is 402 g/mol. The molecule has 2 N–H and O–H groups in total. The Morgan fingerprint density at radius 3 is 2.71 bits per heavy atom. The van der Waals surface area contributed by atoms with Crippen molar-refractivity contribution in [3.63, 3.8) is 0 Å². The van der Waals surface area contributed by atoms with Crippen LogP contribution in [0.3, 0.4) is 0 Å². The number of anilines is 1. The van der Waals surface area contributed by atoms with Gasteiger partial charge in [0, 0.05) is 18.2 Å². The van der Waals surface area contributed by atoms with Gasteiger partial charge in [0.1, 0.15) is 24.2 Å². The summed E-state index contributed by atoms with van der Waals surface area (Å²) >= 11 is 0. The van der Waals surface area contributed by atoms with Crippen LogP contribution in [0.4, 0.5) is 5.95 Å². The molecule has 0 aliphatic carbocycles. The van der Waals surface area contributed by atoms with Gasteiger partial charge in [0.05, 0.1) is 25.1 Å². The van der Waals surface area contributed by atoms with Crippen LogP contribution in [-0.4, -0.2) is 46.5 Å². The summed E-state index contributed by atoms with van der Waals surface area (Å²) in [5, 5.41) is 25.9. The highest BCUT2D eigenvalue weighted by Gasteiger charge is 2.31. The molecule has 160 valence electrons. The Morgan fingerprint density at radius 2 is 2.06 bits per heavy atom. The summed E-state index contributed by atoms with van der Waals surface area (Å²) < 4.78 is 15.6. The van der Waals surface area contributed by atoms with Crippen LogP contribution in [0.1, 0.15) is 17.4 Å². The van der Waals surface area contributed by atoms with Gasteiger partial charge in [-0.3, -0.25) is 10.1 Å². The molecule has 2 unspecified atom stereocenters. The minimum absolute atomic E-state index is 0.0302. The monoisotopic (exact) mass is 423 g/mol. The van der Waals surface area contributed by atoms with E-state index in [4.69, 9.17) is 14.0 Å². The lowest BCUT2D eigenvalue weighted by Crippen LogP contribution is -2.28. The number of amides is 1. The normalized spacial score (nSPS) is 12.6. The molecule has 1 aromatic carbocycles. The van der Waals surface area contributed by atoms with Gasteiger partial charge in [-0.1, -0.05) is 35.5 Å². The lowest BCUT2D eigenvalue weighted by Gasteiger charge is -2.16. The molecule has 2 aromatic heterocycles. The van der Waals surface area contributed by atoms with E-state index in [0.29, 0.717) is 30.4 Å². The fourth-order valence-electron chi connectivity index (χ4n) is 2.80. The summed E-state index contributed by atoms with van der Waals surface area (Å²) in [6.45, 7) is 2.26. The molecule has 3 aromatic rings. The molecule has 2 heterocycles. The quantitative estimate of drug-likeness (QED) is 0.495. The molecule has 1 amide bonds. The number of hydrogen-bond acceptors (Lipinski definition) is 9. The fourth-order valence-corrected chi connectivity index (χ4v) is 2.80. The molecule has 0 radical (unpaired) electrons. The third-order valence-electron chi connectivity index (χ3n) is 4.43. The van der Waals surface area contributed by atoms with Gasteiger partial charge in [0.2, 0.25) is 11.9 Å². The Morgan fingerprint density at radius 1 is 1.29 bits per heavy atom. The summed E-state index contributed by atoms with van der Waals surface area (Å²) in [6.07, 6.45) is 1.29. The van der Waals surface area contributed by atoms with Gasteiger partial charge in [-0.2, -0.15) is 5.26 Å². The highest BCUT2D eigenvalue weighted by atomic mass is 16.5. The highest BCUT2D eigenvalue weighted by Crippen LogP contribution is 2.29. The van der Waals surface area contributed by atoms with Gasteiger partial charge in [-0.25, -0.2) is 9.97 Å². The van der Waals surface area contributed by atoms with Crippen LogP contribution >= 0.6 is 0 Å². The molecule has 0 fully saturated rings. The number of nitrogens with one attached hydrogen (secondary N) is 1. The van der Waals surface area contributed by atoms with Gasteiger partial charge in [-0.15, -0.1) is 0 Å². The van der Waals surface area contributed by atoms with Crippen LogP contribution in [0.5, 0.6) is 5.75 Å². The first-order valence-electron chi connectivity index (χ1n) is 9.39. The van der Waals surface area contributed by atoms with Gasteiger partial charge >= 0.3 is 0 Å². The van der Waals surface area contributed by atoms with E-state index in [9.17, 15) is 15.2 Å². The largest absolute Gasteiger partial charge is 0.487 e. The van der Waals surface area contributed by atoms with Crippen LogP contribution in [0.2, 0.25) is 0 Å². The van der Waals surface area contributed by atoms with Gasteiger partial charge in [0.15, 0.2) is 11.7 Å². The van der Waals surface area contributed by atoms with Crippen molar-refractivity contribution in [1.82, 2.24) is 15.1 Å². The number of rotatable bonds is 9. The van der Waals surface area contributed by atoms with E-state index in [-0.39, 0.29) is 11.5 Å². The summed E-state index contributed by atoms with van der Waals surface area (Å²) in [5.74, 6) is -1.47. The predicted molar refractivity (Wildman–Crippen MR) is 109 cm³/mol. The number of carbonyl (C=O) groups excluding carboxylic acids is 1. The van der Waals surface area contributed by atoms with Crippen molar-refractivity contribution >= 4 is 11.9 Å². The number of ether oxygens (including phenoxy) is 2. The maximum Gasteiger partial charge on any atom is 0.247 e. The van der Waals surface area contributed by atoms with E-state index in [0.717, 1.165) is 5.56 Å². The molecule has 0 saturated heterocycles. The first kappa shape index (κ1) is 21.9. The number of nitriles is 1. The van der Waals surface area contributed by atoms with Crippen LogP contribution in [0.15, 0.2) is 47.2 Å². The molecule has 0 spiro atoms. The van der Waals surface area contributed by atoms with Crippen molar-refractivity contribution in [2.24, 2.45) is 5.92 Å². The number of aliphatic hydroxyl groups excluding tert-OH is 1. The van der Waals surface area contributed by atoms with Crippen molar-refractivity contribution in [2.45, 2.75) is 13.0 Å². The zero-order valence-electron chi connectivity index (χ0n) is 17.0. The van der Waals surface area contributed by atoms with Crippen LogP contribution in [0, 0.1) is 24.2 Å². The van der Waals surface area contributed by atoms with Crippen LogP contribution in [-0.2, 0) is 9.53 Å². The van der Waals surface area contributed by atoms with Gasteiger partial charge in [0.25, 0.3) is 0 Å². The van der Waals surface area contributed by atoms with Crippen molar-refractivity contribution in [1.29, 1.82) is 5.26 Å². The summed E-state index contributed by atoms with van der Waals surface area (Å²) in [5.41, 5.74) is 1.48. The first-order valence-corrected chi connectivity index (χ1v) is 9.39. The predicted octanol–water partition coefficient (Wildman–Crippen LogP) is 2.28. The Balaban J connectivity index is 1.84. The summed E-state index contributed by atoms with van der Waals surface area (Å²) in [7, 11) is 1.57. The van der Waals surface area contributed by atoms with Crippen molar-refractivity contribution in [3.8, 4) is 23.1 Å². The second kappa shape index (κ2) is 10.3. The molecule has 0 aliphatic heterocycles. The molecule has 0 saturated carbocycles. The number of benzene rings is 1. The Labute approximate surface area is 178 Å². The van der Waals surface area contributed by atoms with Crippen molar-refractivity contribution < 1.29 is 23.9 Å². The molecule has 31 heavy (non-hydrogen) atoms. The highest BCUT2D eigenvalue weighted by molar-refractivity contribution is 5.93. The number of aryl methyl sites for hydroxylation is 1. The molecule has 0 aliphatic rings. The van der Waals surface area contributed by atoms with E-state index in [1.165, 1.54) is 12.4 Å². The second-order valence-corrected chi connectivity index (χ2v) is 6.49. The van der Waals surface area contributed by atoms with Crippen LogP contribution < -0.4 is 10.1 Å². The smallest absolute Gasteiger partial charge is 0.247 e. The SMILES string of the molecule is COCCOc1cnc(NC(=O)C(C#N)C(O)c2cnoc2C)nc1-c1ccccc1. The Bertz CT molecular complexity index is 1060. The Hall–Kier alpha value is -3.81. The third kappa shape index (κ3) is 5.22. The third-order valence-corrected chi connectivity index (χ3v) is 4.43. The van der Waals surface area contributed by atoms with Gasteiger partial charge in [-0.05, 0) is 6.92 Å². The van der Waals surface area contributed by atoms with E-state index in [1.807, 2.05) is 30.3 Å². The van der Waals surface area contributed by atoms with E-state index < -0.39 is 17.9 Å².